The van der Waals surface area contributed by atoms with Gasteiger partial charge in [-0.25, -0.2) is 0 Å². The van der Waals surface area contributed by atoms with Crippen molar-refractivity contribution in [3.8, 4) is 28.6 Å². The Morgan fingerprint density at radius 3 is 2.87 bits per heavy atom. The minimum atomic E-state index is -0.155. The average molecular weight is 439 g/mol. The van der Waals surface area contributed by atoms with Gasteiger partial charge in [0.1, 0.15) is 19.0 Å². The number of allylic oxidation sites excluding steroid dienone is 1. The summed E-state index contributed by atoms with van der Waals surface area (Å²) in [4.78, 5) is 12.5. The Labute approximate surface area is 184 Å². The number of rotatable bonds is 8. The SMILES string of the molecule is C=CCn1c(SCC(=O)Nc2ccc3c(c2)OCCO3)nnc1-c1cccc(OC)c1. The van der Waals surface area contributed by atoms with E-state index in [9.17, 15) is 4.79 Å². The molecule has 2 heterocycles. The second-order valence-corrected chi connectivity index (χ2v) is 7.58. The van der Waals surface area contributed by atoms with Crippen LogP contribution in [-0.4, -0.2) is 46.7 Å². The van der Waals surface area contributed by atoms with E-state index in [0.717, 1.165) is 11.3 Å². The highest BCUT2D eigenvalue weighted by atomic mass is 32.2. The summed E-state index contributed by atoms with van der Waals surface area (Å²) in [6, 6.07) is 12.9. The first-order valence-electron chi connectivity index (χ1n) is 9.69. The minimum Gasteiger partial charge on any atom is -0.497 e. The zero-order chi connectivity index (χ0) is 21.6. The van der Waals surface area contributed by atoms with Gasteiger partial charge in [0.15, 0.2) is 22.5 Å². The molecule has 0 radical (unpaired) electrons. The summed E-state index contributed by atoms with van der Waals surface area (Å²) in [5, 5.41) is 12.1. The van der Waals surface area contributed by atoms with Crippen molar-refractivity contribution in [2.45, 2.75) is 11.7 Å². The van der Waals surface area contributed by atoms with Gasteiger partial charge in [-0.2, -0.15) is 0 Å². The lowest BCUT2D eigenvalue weighted by molar-refractivity contribution is -0.113. The normalized spacial score (nSPS) is 12.3. The van der Waals surface area contributed by atoms with Crippen molar-refractivity contribution in [1.82, 2.24) is 14.8 Å². The van der Waals surface area contributed by atoms with Crippen LogP contribution < -0.4 is 19.5 Å². The number of nitrogens with one attached hydrogen (secondary N) is 1. The largest absolute Gasteiger partial charge is 0.497 e. The van der Waals surface area contributed by atoms with E-state index in [1.54, 1.807) is 31.4 Å². The second-order valence-electron chi connectivity index (χ2n) is 6.63. The van der Waals surface area contributed by atoms with Crippen molar-refractivity contribution in [3.63, 3.8) is 0 Å². The van der Waals surface area contributed by atoms with Crippen LogP contribution in [-0.2, 0) is 11.3 Å². The number of carbonyl (C=O) groups is 1. The number of benzene rings is 2. The molecule has 0 unspecified atom stereocenters. The molecular formula is C22H22N4O4S. The number of hydrogen-bond acceptors (Lipinski definition) is 7. The maximum atomic E-state index is 12.5. The van der Waals surface area contributed by atoms with Crippen molar-refractivity contribution in [1.29, 1.82) is 0 Å². The Kier molecular flexibility index (Phi) is 6.42. The predicted molar refractivity (Wildman–Crippen MR) is 119 cm³/mol. The molecule has 1 N–H and O–H groups in total. The summed E-state index contributed by atoms with van der Waals surface area (Å²) >= 11 is 1.31. The minimum absolute atomic E-state index is 0.155. The number of ether oxygens (including phenoxy) is 3. The molecule has 3 aromatic rings. The number of fused-ring (bicyclic) bond motifs is 1. The van der Waals surface area contributed by atoms with Gasteiger partial charge < -0.3 is 19.5 Å². The fraction of sp³-hybridized carbons (Fsp3) is 0.227. The van der Waals surface area contributed by atoms with Gasteiger partial charge in [-0.15, -0.1) is 16.8 Å². The monoisotopic (exact) mass is 438 g/mol. The molecule has 0 saturated heterocycles. The zero-order valence-electron chi connectivity index (χ0n) is 17.0. The molecule has 0 bridgehead atoms. The van der Waals surface area contributed by atoms with Gasteiger partial charge in [-0.05, 0) is 24.3 Å². The standard InChI is InChI=1S/C22H22N4O4S/c1-3-9-26-21(15-5-4-6-17(12-15)28-2)24-25-22(26)31-14-20(27)23-16-7-8-18-19(13-16)30-11-10-29-18/h3-8,12-13H,1,9-11,14H2,2H3,(H,23,27). The van der Waals surface area contributed by atoms with Crippen molar-refractivity contribution in [2.24, 2.45) is 0 Å². The van der Waals surface area contributed by atoms with Crippen molar-refractivity contribution in [2.75, 3.05) is 31.4 Å². The van der Waals surface area contributed by atoms with E-state index < -0.39 is 0 Å². The first-order chi connectivity index (χ1) is 15.2. The van der Waals surface area contributed by atoms with Gasteiger partial charge in [0, 0.05) is 23.9 Å². The van der Waals surface area contributed by atoms with E-state index in [-0.39, 0.29) is 11.7 Å². The zero-order valence-corrected chi connectivity index (χ0v) is 17.9. The van der Waals surface area contributed by atoms with Crippen LogP contribution in [0.4, 0.5) is 5.69 Å². The highest BCUT2D eigenvalue weighted by Gasteiger charge is 2.17. The number of hydrogen-bond donors (Lipinski definition) is 1. The van der Waals surface area contributed by atoms with Gasteiger partial charge in [0.2, 0.25) is 5.91 Å². The summed E-state index contributed by atoms with van der Waals surface area (Å²) < 4.78 is 18.3. The third kappa shape index (κ3) is 4.83. The molecule has 0 saturated carbocycles. The molecule has 0 fully saturated rings. The second kappa shape index (κ2) is 9.57. The van der Waals surface area contributed by atoms with Crippen LogP contribution >= 0.6 is 11.8 Å². The molecule has 0 atom stereocenters. The molecule has 4 rings (SSSR count). The number of carbonyl (C=O) groups excluding carboxylic acids is 1. The number of aromatic nitrogens is 3. The summed E-state index contributed by atoms with van der Waals surface area (Å²) in [5.74, 6) is 2.76. The van der Waals surface area contributed by atoms with E-state index in [1.165, 1.54) is 11.8 Å². The molecule has 1 aromatic heterocycles. The van der Waals surface area contributed by atoms with E-state index in [2.05, 4.69) is 22.1 Å². The summed E-state index contributed by atoms with van der Waals surface area (Å²) in [6.07, 6.45) is 1.77. The van der Waals surface area contributed by atoms with Crippen molar-refractivity contribution >= 4 is 23.4 Å². The van der Waals surface area contributed by atoms with Crippen LogP contribution in [0.2, 0.25) is 0 Å². The van der Waals surface area contributed by atoms with Gasteiger partial charge in [-0.1, -0.05) is 30.0 Å². The molecule has 2 aromatic carbocycles. The quantitative estimate of drug-likeness (QED) is 0.424. The maximum Gasteiger partial charge on any atom is 0.234 e. The number of methoxy groups -OCH3 is 1. The van der Waals surface area contributed by atoms with E-state index in [1.807, 2.05) is 28.8 Å². The fourth-order valence-corrected chi connectivity index (χ4v) is 3.86. The van der Waals surface area contributed by atoms with Crippen molar-refractivity contribution in [3.05, 3.63) is 55.1 Å². The van der Waals surface area contributed by atoms with Gasteiger partial charge in [-0.3, -0.25) is 9.36 Å². The maximum absolute atomic E-state index is 12.5. The summed E-state index contributed by atoms with van der Waals surface area (Å²) in [5.41, 5.74) is 1.53. The predicted octanol–water partition coefficient (Wildman–Crippen LogP) is 3.64. The van der Waals surface area contributed by atoms with Crippen LogP contribution in [0.15, 0.2) is 60.3 Å². The van der Waals surface area contributed by atoms with Gasteiger partial charge in [0.05, 0.1) is 12.9 Å². The molecule has 1 aliphatic heterocycles. The Morgan fingerprint density at radius 1 is 1.23 bits per heavy atom. The smallest absolute Gasteiger partial charge is 0.234 e. The lowest BCUT2D eigenvalue weighted by Crippen LogP contribution is -2.17. The molecule has 1 amide bonds. The topological polar surface area (TPSA) is 87.5 Å². The summed E-state index contributed by atoms with van der Waals surface area (Å²) in [6.45, 7) is 5.36. The van der Waals surface area contributed by atoms with Crippen LogP contribution in [0, 0.1) is 0 Å². The molecule has 0 spiro atoms. The highest BCUT2D eigenvalue weighted by Crippen LogP contribution is 2.33. The third-order valence-corrected chi connectivity index (χ3v) is 5.48. The van der Waals surface area contributed by atoms with Crippen LogP contribution in [0.3, 0.4) is 0 Å². The Balaban J connectivity index is 1.45. The first-order valence-corrected chi connectivity index (χ1v) is 10.7. The van der Waals surface area contributed by atoms with Crippen LogP contribution in [0.5, 0.6) is 17.2 Å². The van der Waals surface area contributed by atoms with E-state index in [0.29, 0.717) is 47.9 Å². The van der Waals surface area contributed by atoms with Gasteiger partial charge >= 0.3 is 0 Å². The number of anilines is 1. The van der Waals surface area contributed by atoms with E-state index in [4.69, 9.17) is 14.2 Å². The Bertz CT molecular complexity index is 1100. The molecule has 0 aliphatic carbocycles. The number of nitrogens with zero attached hydrogens (tertiary/aromatic N) is 3. The molecule has 1 aliphatic rings. The Morgan fingerprint density at radius 2 is 2.06 bits per heavy atom. The van der Waals surface area contributed by atoms with Crippen LogP contribution in [0.1, 0.15) is 0 Å². The molecule has 160 valence electrons. The summed E-state index contributed by atoms with van der Waals surface area (Å²) in [7, 11) is 1.62. The highest BCUT2D eigenvalue weighted by molar-refractivity contribution is 7.99. The van der Waals surface area contributed by atoms with Gasteiger partial charge in [0.25, 0.3) is 0 Å². The third-order valence-electron chi connectivity index (χ3n) is 4.51. The Hall–Kier alpha value is -3.46. The van der Waals surface area contributed by atoms with E-state index >= 15 is 0 Å². The molecular weight excluding hydrogens is 416 g/mol. The number of thioether (sulfide) groups is 1. The molecule has 8 nitrogen and oxygen atoms in total. The fourth-order valence-electron chi connectivity index (χ4n) is 3.11. The van der Waals surface area contributed by atoms with Crippen LogP contribution in [0.25, 0.3) is 11.4 Å². The lowest BCUT2D eigenvalue weighted by atomic mass is 10.2. The lowest BCUT2D eigenvalue weighted by Gasteiger charge is -2.19. The number of amides is 1. The molecule has 31 heavy (non-hydrogen) atoms. The van der Waals surface area contributed by atoms with Crippen molar-refractivity contribution < 1.29 is 19.0 Å². The first kappa shape index (κ1) is 20.8. The molecule has 9 heteroatoms. The average Bonchev–Trinajstić information content (AvgIpc) is 3.20.